The van der Waals surface area contributed by atoms with Gasteiger partial charge in [-0.2, -0.15) is 0 Å². The summed E-state index contributed by atoms with van der Waals surface area (Å²) in [5.74, 6) is 0.931. The number of likely N-dealkylation sites (tertiary alicyclic amines) is 1. The Morgan fingerprint density at radius 3 is 2.85 bits per heavy atom. The van der Waals surface area contributed by atoms with Crippen LogP contribution in [-0.4, -0.2) is 42.5 Å². The Morgan fingerprint density at radius 2 is 2.07 bits per heavy atom. The van der Waals surface area contributed by atoms with Crippen LogP contribution in [0.15, 0.2) is 47.3 Å². The van der Waals surface area contributed by atoms with E-state index in [4.69, 9.17) is 9.15 Å². The van der Waals surface area contributed by atoms with Crippen molar-refractivity contribution < 1.29 is 18.7 Å². The molecule has 2 aromatic rings. The number of nitrogens with zero attached hydrogens (tertiary/aromatic N) is 1. The van der Waals surface area contributed by atoms with Crippen LogP contribution < -0.4 is 10.1 Å². The van der Waals surface area contributed by atoms with Gasteiger partial charge in [-0.05, 0) is 49.9 Å². The lowest BCUT2D eigenvalue weighted by atomic mass is 9.98. The van der Waals surface area contributed by atoms with Crippen molar-refractivity contribution in [3.63, 3.8) is 0 Å². The zero-order valence-corrected chi connectivity index (χ0v) is 15.2. The average molecular weight is 368 g/mol. The van der Waals surface area contributed by atoms with Gasteiger partial charge in [0.15, 0.2) is 0 Å². The van der Waals surface area contributed by atoms with Crippen molar-refractivity contribution in [3.05, 3.63) is 54.0 Å². The minimum absolute atomic E-state index is 0.00666. The highest BCUT2D eigenvalue weighted by molar-refractivity contribution is 5.95. The molecule has 6 heteroatoms. The molecule has 0 bridgehead atoms. The van der Waals surface area contributed by atoms with Crippen LogP contribution in [0.2, 0.25) is 0 Å². The molecule has 1 N–H and O–H groups in total. The van der Waals surface area contributed by atoms with E-state index in [2.05, 4.69) is 5.32 Å². The van der Waals surface area contributed by atoms with E-state index >= 15 is 0 Å². The quantitative estimate of drug-likeness (QED) is 0.850. The first kappa shape index (κ1) is 17.6. The van der Waals surface area contributed by atoms with E-state index in [1.165, 1.54) is 12.5 Å². The fourth-order valence-corrected chi connectivity index (χ4v) is 3.39. The zero-order chi connectivity index (χ0) is 18.6. The summed E-state index contributed by atoms with van der Waals surface area (Å²) in [5, 5.41) is 2.99. The van der Waals surface area contributed by atoms with E-state index in [9.17, 15) is 9.59 Å². The van der Waals surface area contributed by atoms with Gasteiger partial charge in [-0.25, -0.2) is 0 Å². The standard InChI is InChI=1S/C21H24N2O4/c24-20(22-18-6-7-18)16-4-1-5-19(11-16)27-13-15-3-2-9-23(12-15)21(25)17-8-10-26-14-17/h1,4-5,8,10-11,14-15,18H,2-3,6-7,9,12-13H2,(H,22,24)/t15-/m1/s1. The van der Waals surface area contributed by atoms with Crippen molar-refractivity contribution in [2.24, 2.45) is 5.92 Å². The number of piperidine rings is 1. The predicted octanol–water partition coefficient (Wildman–Crippen LogP) is 3.10. The van der Waals surface area contributed by atoms with Gasteiger partial charge in [-0.3, -0.25) is 9.59 Å². The number of rotatable bonds is 6. The number of carbonyl (C=O) groups is 2. The maximum atomic E-state index is 12.5. The molecular weight excluding hydrogens is 344 g/mol. The summed E-state index contributed by atoms with van der Waals surface area (Å²) in [5.41, 5.74) is 1.21. The van der Waals surface area contributed by atoms with Crippen LogP contribution in [0.1, 0.15) is 46.4 Å². The monoisotopic (exact) mass is 368 g/mol. The Balaban J connectivity index is 1.31. The highest BCUT2D eigenvalue weighted by atomic mass is 16.5. The second-order valence-corrected chi connectivity index (χ2v) is 7.36. The topological polar surface area (TPSA) is 71.8 Å². The fourth-order valence-electron chi connectivity index (χ4n) is 3.39. The Labute approximate surface area is 158 Å². The third-order valence-electron chi connectivity index (χ3n) is 5.07. The molecule has 142 valence electrons. The molecule has 0 spiro atoms. The molecule has 1 saturated carbocycles. The molecule has 0 radical (unpaired) electrons. The number of hydrogen-bond donors (Lipinski definition) is 1. The molecule has 1 aliphatic carbocycles. The molecule has 4 rings (SSSR count). The van der Waals surface area contributed by atoms with Crippen LogP contribution >= 0.6 is 0 Å². The molecule has 1 atom stereocenters. The SMILES string of the molecule is O=C(NC1CC1)c1cccc(OC[C@@H]2CCCN(C(=O)c3ccoc3)C2)c1. The van der Waals surface area contributed by atoms with Gasteiger partial charge in [0.05, 0.1) is 18.4 Å². The number of carbonyl (C=O) groups excluding carboxylic acids is 2. The second kappa shape index (κ2) is 7.86. The molecule has 0 unspecified atom stereocenters. The van der Waals surface area contributed by atoms with Crippen molar-refractivity contribution in [3.8, 4) is 5.75 Å². The number of furan rings is 1. The normalized spacial score (nSPS) is 19.6. The minimum atomic E-state index is -0.0440. The fraction of sp³-hybridized carbons (Fsp3) is 0.429. The van der Waals surface area contributed by atoms with Crippen molar-refractivity contribution in [2.75, 3.05) is 19.7 Å². The Hall–Kier alpha value is -2.76. The maximum absolute atomic E-state index is 12.5. The Bertz CT molecular complexity index is 798. The van der Waals surface area contributed by atoms with E-state index in [1.54, 1.807) is 18.2 Å². The molecule has 1 saturated heterocycles. The summed E-state index contributed by atoms with van der Waals surface area (Å²) in [6.07, 6.45) is 7.12. The summed E-state index contributed by atoms with van der Waals surface area (Å²) in [6, 6.07) is 9.33. The second-order valence-electron chi connectivity index (χ2n) is 7.36. The van der Waals surface area contributed by atoms with E-state index in [0.717, 1.165) is 32.2 Å². The predicted molar refractivity (Wildman–Crippen MR) is 99.8 cm³/mol. The number of ether oxygens (including phenoxy) is 1. The average Bonchev–Trinajstić information content (AvgIpc) is 3.34. The van der Waals surface area contributed by atoms with E-state index in [1.807, 2.05) is 17.0 Å². The van der Waals surface area contributed by atoms with E-state index in [-0.39, 0.29) is 17.7 Å². The van der Waals surface area contributed by atoms with Gasteiger partial charge < -0.3 is 19.4 Å². The molecule has 27 heavy (non-hydrogen) atoms. The first-order valence-corrected chi connectivity index (χ1v) is 9.54. The van der Waals surface area contributed by atoms with Gasteiger partial charge in [0.2, 0.25) is 0 Å². The van der Waals surface area contributed by atoms with Crippen LogP contribution in [0, 0.1) is 5.92 Å². The number of nitrogens with one attached hydrogen (secondary N) is 1. The van der Waals surface area contributed by atoms with Crippen molar-refractivity contribution in [2.45, 2.75) is 31.7 Å². The Kier molecular flexibility index (Phi) is 5.14. The first-order valence-electron chi connectivity index (χ1n) is 9.54. The molecule has 6 nitrogen and oxygen atoms in total. The highest BCUT2D eigenvalue weighted by Crippen LogP contribution is 2.22. The summed E-state index contributed by atoms with van der Waals surface area (Å²) in [6.45, 7) is 1.96. The molecule has 1 aromatic carbocycles. The smallest absolute Gasteiger partial charge is 0.257 e. The largest absolute Gasteiger partial charge is 0.493 e. The van der Waals surface area contributed by atoms with Crippen molar-refractivity contribution in [1.29, 1.82) is 0 Å². The van der Waals surface area contributed by atoms with Crippen LogP contribution in [0.4, 0.5) is 0 Å². The van der Waals surface area contributed by atoms with Crippen LogP contribution in [-0.2, 0) is 0 Å². The summed E-state index contributed by atoms with van der Waals surface area (Å²) in [4.78, 5) is 26.5. The first-order chi connectivity index (χ1) is 13.2. The molecule has 2 amide bonds. The third-order valence-corrected chi connectivity index (χ3v) is 5.07. The summed E-state index contributed by atoms with van der Waals surface area (Å²) in [7, 11) is 0. The van der Waals surface area contributed by atoms with Gasteiger partial charge in [-0.15, -0.1) is 0 Å². The molecule has 2 fully saturated rings. The van der Waals surface area contributed by atoms with E-state index in [0.29, 0.717) is 36.1 Å². The van der Waals surface area contributed by atoms with Crippen molar-refractivity contribution >= 4 is 11.8 Å². The molecule has 2 aliphatic rings. The lowest BCUT2D eigenvalue weighted by Crippen LogP contribution is -2.41. The minimum Gasteiger partial charge on any atom is -0.493 e. The maximum Gasteiger partial charge on any atom is 0.257 e. The van der Waals surface area contributed by atoms with Gasteiger partial charge >= 0.3 is 0 Å². The highest BCUT2D eigenvalue weighted by Gasteiger charge is 2.26. The molecule has 1 aromatic heterocycles. The number of benzene rings is 1. The van der Waals surface area contributed by atoms with Gasteiger partial charge in [0, 0.05) is 30.6 Å². The van der Waals surface area contributed by atoms with Gasteiger partial charge in [-0.1, -0.05) is 6.07 Å². The zero-order valence-electron chi connectivity index (χ0n) is 15.2. The molecule has 2 heterocycles. The molecule has 1 aliphatic heterocycles. The number of amides is 2. The summed E-state index contributed by atoms with van der Waals surface area (Å²) < 4.78 is 11.0. The van der Waals surface area contributed by atoms with Gasteiger partial charge in [0.1, 0.15) is 12.0 Å². The van der Waals surface area contributed by atoms with Crippen LogP contribution in [0.3, 0.4) is 0 Å². The van der Waals surface area contributed by atoms with Crippen LogP contribution in [0.25, 0.3) is 0 Å². The Morgan fingerprint density at radius 1 is 1.19 bits per heavy atom. The number of hydrogen-bond acceptors (Lipinski definition) is 4. The van der Waals surface area contributed by atoms with Gasteiger partial charge in [0.25, 0.3) is 11.8 Å². The lowest BCUT2D eigenvalue weighted by Gasteiger charge is -2.32. The third kappa shape index (κ3) is 4.51. The lowest BCUT2D eigenvalue weighted by molar-refractivity contribution is 0.0632. The molecular formula is C21H24N2O4. The van der Waals surface area contributed by atoms with E-state index < -0.39 is 0 Å². The summed E-state index contributed by atoms with van der Waals surface area (Å²) >= 11 is 0. The van der Waals surface area contributed by atoms with Crippen molar-refractivity contribution in [1.82, 2.24) is 10.2 Å². The van der Waals surface area contributed by atoms with Crippen LogP contribution in [0.5, 0.6) is 5.75 Å².